The van der Waals surface area contributed by atoms with E-state index in [-0.39, 0.29) is 34.6 Å². The number of aliphatic imine (C=N–C) groups is 1. The van der Waals surface area contributed by atoms with Gasteiger partial charge in [-0.1, -0.05) is 24.3 Å². The number of halogens is 1. The lowest BCUT2D eigenvalue weighted by atomic mass is 10.1. The average Bonchev–Trinajstić information content (AvgIpc) is 3.01. The number of benzene rings is 1. The van der Waals surface area contributed by atoms with Gasteiger partial charge in [-0.15, -0.1) is 24.0 Å². The van der Waals surface area contributed by atoms with Crippen molar-refractivity contribution in [1.82, 2.24) is 15.5 Å². The van der Waals surface area contributed by atoms with Crippen LogP contribution in [0.25, 0.3) is 0 Å². The number of nitrogens with one attached hydrogen (secondary N) is 2. The standard InChI is InChI=1S/C19H30N4OS.HI/c1-19(2,25-4)14-22-18(20-3)21-12-15-8-5-6-9-16(15)13-23-11-7-10-17(23)24;/h5-6,8-9H,7,10-14H2,1-4H3,(H2,20,21,22);1H. The Balaban J connectivity index is 0.00000338. The maximum atomic E-state index is 11.9. The van der Waals surface area contributed by atoms with E-state index in [0.717, 1.165) is 25.5 Å². The van der Waals surface area contributed by atoms with Crippen LogP contribution in [0.15, 0.2) is 29.3 Å². The van der Waals surface area contributed by atoms with E-state index in [1.807, 2.05) is 28.8 Å². The minimum absolute atomic E-state index is 0. The molecule has 26 heavy (non-hydrogen) atoms. The van der Waals surface area contributed by atoms with Crippen LogP contribution >= 0.6 is 35.7 Å². The Kier molecular flexibility index (Phi) is 9.78. The van der Waals surface area contributed by atoms with E-state index in [0.29, 0.717) is 19.5 Å². The molecule has 1 aliphatic rings. The highest BCUT2D eigenvalue weighted by Gasteiger charge is 2.21. The van der Waals surface area contributed by atoms with E-state index in [2.05, 4.69) is 47.9 Å². The summed E-state index contributed by atoms with van der Waals surface area (Å²) in [6, 6.07) is 8.30. The van der Waals surface area contributed by atoms with E-state index < -0.39 is 0 Å². The molecule has 2 rings (SSSR count). The topological polar surface area (TPSA) is 56.7 Å². The molecule has 1 aliphatic heterocycles. The summed E-state index contributed by atoms with van der Waals surface area (Å²) in [4.78, 5) is 18.1. The highest BCUT2D eigenvalue weighted by Crippen LogP contribution is 2.19. The Morgan fingerprint density at radius 2 is 1.96 bits per heavy atom. The van der Waals surface area contributed by atoms with Crippen LogP contribution in [0.4, 0.5) is 0 Å². The molecule has 0 atom stereocenters. The summed E-state index contributed by atoms with van der Waals surface area (Å²) in [5, 5.41) is 6.77. The minimum Gasteiger partial charge on any atom is -0.355 e. The number of rotatable bonds is 7. The van der Waals surface area contributed by atoms with E-state index in [9.17, 15) is 4.79 Å². The second kappa shape index (κ2) is 11.0. The van der Waals surface area contributed by atoms with E-state index in [1.54, 1.807) is 7.05 Å². The molecular formula is C19H31IN4OS. The summed E-state index contributed by atoms with van der Waals surface area (Å²) in [7, 11) is 1.79. The van der Waals surface area contributed by atoms with Crippen LogP contribution in [0.5, 0.6) is 0 Å². The largest absolute Gasteiger partial charge is 0.355 e. The van der Waals surface area contributed by atoms with Gasteiger partial charge in [-0.2, -0.15) is 11.8 Å². The van der Waals surface area contributed by atoms with Crippen LogP contribution in [0.2, 0.25) is 0 Å². The third kappa shape index (κ3) is 6.98. The fourth-order valence-electron chi connectivity index (χ4n) is 2.73. The zero-order chi connectivity index (χ0) is 18.3. The van der Waals surface area contributed by atoms with Crippen LogP contribution in [0, 0.1) is 0 Å². The molecule has 5 nitrogen and oxygen atoms in total. The molecule has 0 aromatic heterocycles. The lowest BCUT2D eigenvalue weighted by molar-refractivity contribution is -0.128. The lowest BCUT2D eigenvalue weighted by Gasteiger charge is -2.24. The van der Waals surface area contributed by atoms with Crippen LogP contribution in [0.1, 0.15) is 37.8 Å². The van der Waals surface area contributed by atoms with E-state index in [1.165, 1.54) is 11.1 Å². The summed E-state index contributed by atoms with van der Waals surface area (Å²) in [6.45, 7) is 7.52. The number of amides is 1. The van der Waals surface area contributed by atoms with Gasteiger partial charge in [-0.3, -0.25) is 9.79 Å². The summed E-state index contributed by atoms with van der Waals surface area (Å²) < 4.78 is 0.158. The molecular weight excluding hydrogens is 459 g/mol. The molecule has 2 N–H and O–H groups in total. The highest BCUT2D eigenvalue weighted by atomic mass is 127. The van der Waals surface area contributed by atoms with Crippen LogP contribution in [0.3, 0.4) is 0 Å². The molecule has 0 spiro atoms. The first-order valence-electron chi connectivity index (χ1n) is 8.79. The first kappa shape index (κ1) is 23.1. The van der Waals surface area contributed by atoms with Gasteiger partial charge in [-0.05, 0) is 37.7 Å². The number of carbonyl (C=O) groups is 1. The van der Waals surface area contributed by atoms with Gasteiger partial charge >= 0.3 is 0 Å². The molecule has 1 heterocycles. The first-order valence-corrected chi connectivity index (χ1v) is 10.0. The number of hydrogen-bond donors (Lipinski definition) is 2. The molecule has 1 saturated heterocycles. The SMILES string of the molecule is CN=C(NCc1ccccc1CN1CCCC1=O)NCC(C)(C)SC.I. The van der Waals surface area contributed by atoms with Crippen molar-refractivity contribution in [3.05, 3.63) is 35.4 Å². The normalized spacial score (nSPS) is 15.0. The number of carbonyl (C=O) groups excluding carboxylic acids is 1. The third-order valence-electron chi connectivity index (χ3n) is 4.56. The maximum Gasteiger partial charge on any atom is 0.222 e. The lowest BCUT2D eigenvalue weighted by Crippen LogP contribution is -2.43. The number of hydrogen-bond acceptors (Lipinski definition) is 3. The van der Waals surface area contributed by atoms with Crippen molar-refractivity contribution in [1.29, 1.82) is 0 Å². The minimum atomic E-state index is 0. The van der Waals surface area contributed by atoms with Crippen LogP contribution < -0.4 is 10.6 Å². The van der Waals surface area contributed by atoms with Gasteiger partial charge in [-0.25, -0.2) is 0 Å². The smallest absolute Gasteiger partial charge is 0.222 e. The zero-order valence-corrected chi connectivity index (χ0v) is 19.3. The molecule has 0 unspecified atom stereocenters. The van der Waals surface area contributed by atoms with Crippen molar-refractivity contribution in [2.75, 3.05) is 26.4 Å². The van der Waals surface area contributed by atoms with Gasteiger partial charge in [0.1, 0.15) is 0 Å². The van der Waals surface area contributed by atoms with Gasteiger partial charge in [0.25, 0.3) is 0 Å². The molecule has 0 saturated carbocycles. The predicted octanol–water partition coefficient (Wildman–Crippen LogP) is 3.23. The Bertz CT molecular complexity index is 621. The Labute approximate surface area is 178 Å². The molecule has 1 amide bonds. The molecule has 7 heteroatoms. The maximum absolute atomic E-state index is 11.9. The Hall–Kier alpha value is -0.960. The van der Waals surface area contributed by atoms with Gasteiger partial charge in [0.15, 0.2) is 5.96 Å². The van der Waals surface area contributed by atoms with Crippen molar-refractivity contribution in [2.24, 2.45) is 4.99 Å². The van der Waals surface area contributed by atoms with Gasteiger partial charge in [0.2, 0.25) is 5.91 Å². The molecule has 0 bridgehead atoms. The van der Waals surface area contributed by atoms with Crippen LogP contribution in [-0.4, -0.2) is 47.9 Å². The van der Waals surface area contributed by atoms with Gasteiger partial charge in [0, 0.05) is 44.4 Å². The quantitative estimate of drug-likeness (QED) is 0.350. The fraction of sp³-hybridized carbons (Fsp3) is 0.579. The van der Waals surface area contributed by atoms with Crippen molar-refractivity contribution in [3.63, 3.8) is 0 Å². The second-order valence-electron chi connectivity index (χ2n) is 6.93. The van der Waals surface area contributed by atoms with Gasteiger partial charge in [0.05, 0.1) is 0 Å². The second-order valence-corrected chi connectivity index (χ2v) is 8.44. The number of guanidine groups is 1. The summed E-state index contributed by atoms with van der Waals surface area (Å²) in [5.41, 5.74) is 2.40. The van der Waals surface area contributed by atoms with Crippen molar-refractivity contribution in [3.8, 4) is 0 Å². The Morgan fingerprint density at radius 1 is 1.27 bits per heavy atom. The number of likely N-dealkylation sites (tertiary alicyclic amines) is 1. The first-order chi connectivity index (χ1) is 11.9. The van der Waals surface area contributed by atoms with Crippen molar-refractivity contribution < 1.29 is 4.79 Å². The fourth-order valence-corrected chi connectivity index (χ4v) is 2.95. The monoisotopic (exact) mass is 490 g/mol. The zero-order valence-electron chi connectivity index (χ0n) is 16.2. The summed E-state index contributed by atoms with van der Waals surface area (Å²) in [6.07, 6.45) is 3.77. The van der Waals surface area contributed by atoms with Gasteiger partial charge < -0.3 is 15.5 Å². The van der Waals surface area contributed by atoms with E-state index in [4.69, 9.17) is 0 Å². The summed E-state index contributed by atoms with van der Waals surface area (Å²) >= 11 is 1.83. The molecule has 0 aliphatic carbocycles. The third-order valence-corrected chi connectivity index (χ3v) is 5.80. The van der Waals surface area contributed by atoms with Crippen molar-refractivity contribution in [2.45, 2.75) is 44.5 Å². The Morgan fingerprint density at radius 3 is 2.54 bits per heavy atom. The summed E-state index contributed by atoms with van der Waals surface area (Å²) in [5.74, 6) is 1.06. The van der Waals surface area contributed by atoms with Crippen molar-refractivity contribution >= 4 is 47.6 Å². The highest BCUT2D eigenvalue weighted by molar-refractivity contribution is 14.0. The molecule has 1 aromatic rings. The predicted molar refractivity (Wildman–Crippen MR) is 122 cm³/mol. The molecule has 0 radical (unpaired) electrons. The molecule has 1 fully saturated rings. The average molecular weight is 490 g/mol. The van der Waals surface area contributed by atoms with E-state index >= 15 is 0 Å². The number of nitrogens with zero attached hydrogens (tertiary/aromatic N) is 2. The molecule has 1 aromatic carbocycles. The van der Waals surface area contributed by atoms with Crippen LogP contribution in [-0.2, 0) is 17.9 Å². The number of thioether (sulfide) groups is 1. The molecule has 146 valence electrons.